The maximum absolute atomic E-state index is 12.1. The van der Waals surface area contributed by atoms with E-state index in [9.17, 15) is 19.6 Å². The first-order chi connectivity index (χ1) is 12.4. The molecule has 0 heterocycles. The molecule has 7 nitrogen and oxygen atoms in total. The van der Waals surface area contributed by atoms with Gasteiger partial charge in [-0.25, -0.2) is 0 Å². The third-order valence-corrected chi connectivity index (χ3v) is 4.36. The van der Waals surface area contributed by atoms with E-state index in [0.717, 1.165) is 18.4 Å². The number of carbonyl (C=O) groups is 3. The van der Waals surface area contributed by atoms with Crippen molar-refractivity contribution in [2.24, 2.45) is 0 Å². The maximum atomic E-state index is 12.1. The Morgan fingerprint density at radius 2 is 1.88 bits per heavy atom. The summed E-state index contributed by atoms with van der Waals surface area (Å²) in [6.45, 7) is 0.932. The Kier molecular flexibility index (Phi) is 6.73. The summed E-state index contributed by atoms with van der Waals surface area (Å²) in [5.41, 5.74) is -0.0646. The molecule has 0 spiro atoms. The SMILES string of the molecule is CC(=O)N[C@H](CC(=O)OCC(=O)NC1(C#N)CCCC1)c1ccccc1. The highest BCUT2D eigenvalue weighted by Crippen LogP contribution is 2.28. The van der Waals surface area contributed by atoms with Crippen molar-refractivity contribution in [3.8, 4) is 6.07 Å². The van der Waals surface area contributed by atoms with Crippen molar-refractivity contribution in [2.45, 2.75) is 50.6 Å². The van der Waals surface area contributed by atoms with Crippen LogP contribution in [0, 0.1) is 11.3 Å². The van der Waals surface area contributed by atoms with Crippen molar-refractivity contribution in [3.05, 3.63) is 35.9 Å². The van der Waals surface area contributed by atoms with Gasteiger partial charge in [0.05, 0.1) is 18.5 Å². The quantitative estimate of drug-likeness (QED) is 0.723. The van der Waals surface area contributed by atoms with Gasteiger partial charge in [0.1, 0.15) is 5.54 Å². The molecule has 1 fully saturated rings. The average Bonchev–Trinajstić information content (AvgIpc) is 3.09. The van der Waals surface area contributed by atoms with Crippen LogP contribution in [0.3, 0.4) is 0 Å². The van der Waals surface area contributed by atoms with E-state index in [1.807, 2.05) is 18.2 Å². The van der Waals surface area contributed by atoms with Gasteiger partial charge < -0.3 is 15.4 Å². The molecule has 1 atom stereocenters. The highest BCUT2D eigenvalue weighted by Gasteiger charge is 2.35. The van der Waals surface area contributed by atoms with Crippen LogP contribution < -0.4 is 10.6 Å². The van der Waals surface area contributed by atoms with Gasteiger partial charge in [0.2, 0.25) is 5.91 Å². The summed E-state index contributed by atoms with van der Waals surface area (Å²) in [6, 6.07) is 10.7. The number of carbonyl (C=O) groups excluding carboxylic acids is 3. The van der Waals surface area contributed by atoms with E-state index in [1.54, 1.807) is 12.1 Å². The Labute approximate surface area is 152 Å². The van der Waals surface area contributed by atoms with Crippen LogP contribution in [-0.2, 0) is 19.1 Å². The molecule has 0 radical (unpaired) electrons. The van der Waals surface area contributed by atoms with Gasteiger partial charge in [-0.3, -0.25) is 14.4 Å². The molecule has 1 aliphatic rings. The Hall–Kier alpha value is -2.88. The van der Waals surface area contributed by atoms with Gasteiger partial charge in [0.15, 0.2) is 6.61 Å². The number of hydrogen-bond acceptors (Lipinski definition) is 5. The molecule has 0 aromatic heterocycles. The van der Waals surface area contributed by atoms with E-state index in [-0.39, 0.29) is 12.3 Å². The van der Waals surface area contributed by atoms with E-state index >= 15 is 0 Å². The predicted octanol–water partition coefficient (Wildman–Crippen LogP) is 1.75. The number of amides is 2. The van der Waals surface area contributed by atoms with Crippen LogP contribution in [0.1, 0.15) is 50.6 Å². The van der Waals surface area contributed by atoms with Crippen molar-refractivity contribution in [1.82, 2.24) is 10.6 Å². The number of esters is 1. The van der Waals surface area contributed by atoms with E-state index in [2.05, 4.69) is 16.7 Å². The van der Waals surface area contributed by atoms with Gasteiger partial charge in [0, 0.05) is 6.92 Å². The second-order valence-corrected chi connectivity index (χ2v) is 6.48. The first kappa shape index (κ1) is 19.4. The average molecular weight is 357 g/mol. The van der Waals surface area contributed by atoms with Gasteiger partial charge >= 0.3 is 5.97 Å². The van der Waals surface area contributed by atoms with Gasteiger partial charge in [-0.1, -0.05) is 30.3 Å². The third-order valence-electron chi connectivity index (χ3n) is 4.36. The number of ether oxygens (including phenoxy) is 1. The molecule has 1 aromatic carbocycles. The maximum Gasteiger partial charge on any atom is 0.308 e. The first-order valence-electron chi connectivity index (χ1n) is 8.64. The minimum Gasteiger partial charge on any atom is -0.456 e. The molecule has 0 bridgehead atoms. The normalized spacial score (nSPS) is 16.2. The lowest BCUT2D eigenvalue weighted by atomic mass is 10.00. The van der Waals surface area contributed by atoms with Crippen LogP contribution in [-0.4, -0.2) is 29.9 Å². The number of hydrogen-bond donors (Lipinski definition) is 2. The van der Waals surface area contributed by atoms with Crippen LogP contribution in [0.5, 0.6) is 0 Å². The van der Waals surface area contributed by atoms with E-state index < -0.39 is 30.1 Å². The molecule has 2 rings (SSSR count). The van der Waals surface area contributed by atoms with Crippen LogP contribution in [0.25, 0.3) is 0 Å². The molecule has 138 valence electrons. The van der Waals surface area contributed by atoms with Gasteiger partial charge in [-0.05, 0) is 31.2 Å². The second kappa shape index (κ2) is 8.99. The summed E-state index contributed by atoms with van der Waals surface area (Å²) in [5.74, 6) is -1.35. The lowest BCUT2D eigenvalue weighted by Gasteiger charge is -2.22. The van der Waals surface area contributed by atoms with E-state index in [1.165, 1.54) is 6.92 Å². The Bertz CT molecular complexity index is 690. The summed E-state index contributed by atoms with van der Waals surface area (Å²) in [7, 11) is 0. The van der Waals surface area contributed by atoms with Crippen molar-refractivity contribution < 1.29 is 19.1 Å². The van der Waals surface area contributed by atoms with E-state index in [0.29, 0.717) is 12.8 Å². The van der Waals surface area contributed by atoms with Gasteiger partial charge in [0.25, 0.3) is 5.91 Å². The number of nitriles is 1. The van der Waals surface area contributed by atoms with Crippen molar-refractivity contribution in [1.29, 1.82) is 5.26 Å². The molecular formula is C19H23N3O4. The number of benzene rings is 1. The summed E-state index contributed by atoms with van der Waals surface area (Å²) in [5, 5.41) is 14.6. The fraction of sp³-hybridized carbons (Fsp3) is 0.474. The fourth-order valence-corrected chi connectivity index (χ4v) is 3.10. The fourth-order valence-electron chi connectivity index (χ4n) is 3.10. The zero-order valence-corrected chi connectivity index (χ0v) is 14.8. The molecule has 2 amide bonds. The molecule has 1 aromatic rings. The van der Waals surface area contributed by atoms with Gasteiger partial charge in [-0.2, -0.15) is 5.26 Å². The smallest absolute Gasteiger partial charge is 0.308 e. The topological polar surface area (TPSA) is 108 Å². The summed E-state index contributed by atoms with van der Waals surface area (Å²) >= 11 is 0. The number of nitrogens with zero attached hydrogens (tertiary/aromatic N) is 1. The van der Waals surface area contributed by atoms with Crippen molar-refractivity contribution >= 4 is 17.8 Å². The summed E-state index contributed by atoms with van der Waals surface area (Å²) < 4.78 is 5.03. The standard InChI is InChI=1S/C19H23N3O4/c1-14(23)21-16(15-7-3-2-4-8-15)11-18(25)26-12-17(24)22-19(13-20)9-5-6-10-19/h2-4,7-8,16H,5-6,9-12H2,1H3,(H,21,23)(H,22,24)/t16-/m1/s1. The number of nitrogens with one attached hydrogen (secondary N) is 2. The van der Waals surface area contributed by atoms with Crippen molar-refractivity contribution in [3.63, 3.8) is 0 Å². The van der Waals surface area contributed by atoms with Crippen LogP contribution in [0.4, 0.5) is 0 Å². The molecule has 2 N–H and O–H groups in total. The highest BCUT2D eigenvalue weighted by atomic mass is 16.5. The molecule has 7 heteroatoms. The molecule has 0 aliphatic heterocycles. The van der Waals surface area contributed by atoms with E-state index in [4.69, 9.17) is 4.74 Å². The molecule has 26 heavy (non-hydrogen) atoms. The van der Waals surface area contributed by atoms with Crippen LogP contribution in [0.15, 0.2) is 30.3 Å². The minimum atomic E-state index is -0.841. The van der Waals surface area contributed by atoms with Gasteiger partial charge in [-0.15, -0.1) is 0 Å². The van der Waals surface area contributed by atoms with Crippen LogP contribution >= 0.6 is 0 Å². The zero-order valence-electron chi connectivity index (χ0n) is 14.8. The molecular weight excluding hydrogens is 334 g/mol. The predicted molar refractivity (Wildman–Crippen MR) is 93.5 cm³/mol. The minimum absolute atomic E-state index is 0.0831. The Morgan fingerprint density at radius 1 is 1.23 bits per heavy atom. The lowest BCUT2D eigenvalue weighted by Crippen LogP contribution is -2.46. The molecule has 0 unspecified atom stereocenters. The van der Waals surface area contributed by atoms with Crippen LogP contribution in [0.2, 0.25) is 0 Å². The molecule has 1 saturated carbocycles. The summed E-state index contributed by atoms with van der Waals surface area (Å²) in [6.07, 6.45) is 2.93. The highest BCUT2D eigenvalue weighted by molar-refractivity contribution is 5.82. The second-order valence-electron chi connectivity index (χ2n) is 6.48. The third kappa shape index (κ3) is 5.59. The lowest BCUT2D eigenvalue weighted by molar-refractivity contribution is -0.149. The monoisotopic (exact) mass is 357 g/mol. The largest absolute Gasteiger partial charge is 0.456 e. The Morgan fingerprint density at radius 3 is 2.46 bits per heavy atom. The molecule has 1 aliphatic carbocycles. The molecule has 0 saturated heterocycles. The number of rotatable bonds is 7. The first-order valence-corrected chi connectivity index (χ1v) is 8.64. The zero-order chi connectivity index (χ0) is 19.0. The van der Waals surface area contributed by atoms with Crippen molar-refractivity contribution in [2.75, 3.05) is 6.61 Å². The summed E-state index contributed by atoms with van der Waals surface area (Å²) in [4.78, 5) is 35.5. The Balaban J connectivity index is 1.87.